The second kappa shape index (κ2) is 9.75. The smallest absolute Gasteiger partial charge is 0.336 e. The molecule has 1 aliphatic carbocycles. The number of allylic oxidation sites excluding steroid dienone is 3. The molecule has 0 radical (unpaired) electrons. The number of carbonyl (C=O) groups excluding carboxylic acids is 2. The number of Topliss-reactive ketones (excluding diaryl/α,β-unsaturated/α-hetero) is 1. The van der Waals surface area contributed by atoms with E-state index in [4.69, 9.17) is 14.2 Å². The molecule has 0 fully saturated rings. The average molecular weight is 462 g/mol. The van der Waals surface area contributed by atoms with E-state index < -0.39 is 5.92 Å². The van der Waals surface area contributed by atoms with Crippen molar-refractivity contribution in [1.82, 2.24) is 5.32 Å². The van der Waals surface area contributed by atoms with E-state index in [1.165, 1.54) is 0 Å². The van der Waals surface area contributed by atoms with Gasteiger partial charge in [-0.05, 0) is 61.9 Å². The number of benzene rings is 2. The van der Waals surface area contributed by atoms with Gasteiger partial charge in [-0.3, -0.25) is 4.79 Å². The van der Waals surface area contributed by atoms with Crippen LogP contribution >= 0.6 is 0 Å². The van der Waals surface area contributed by atoms with Gasteiger partial charge in [-0.25, -0.2) is 4.79 Å². The minimum Gasteiger partial charge on any atom is -0.493 e. The fourth-order valence-electron chi connectivity index (χ4n) is 5.08. The largest absolute Gasteiger partial charge is 0.493 e. The zero-order valence-corrected chi connectivity index (χ0v) is 20.4. The van der Waals surface area contributed by atoms with E-state index in [0.717, 1.165) is 28.1 Å². The Balaban J connectivity index is 1.79. The molecule has 0 saturated heterocycles. The zero-order valence-electron chi connectivity index (χ0n) is 20.4. The Labute approximate surface area is 200 Å². The van der Waals surface area contributed by atoms with Crippen molar-refractivity contribution in [2.24, 2.45) is 0 Å². The molecule has 0 aromatic heterocycles. The molecule has 2 atom stereocenters. The molecule has 0 spiro atoms. The fourth-order valence-corrected chi connectivity index (χ4v) is 5.08. The Kier molecular flexibility index (Phi) is 6.77. The molecule has 178 valence electrons. The monoisotopic (exact) mass is 461 g/mol. The molecule has 2 unspecified atom stereocenters. The predicted molar refractivity (Wildman–Crippen MR) is 130 cm³/mol. The summed E-state index contributed by atoms with van der Waals surface area (Å²) in [4.78, 5) is 26.7. The summed E-state index contributed by atoms with van der Waals surface area (Å²) in [6.07, 6.45) is 1.01. The molecule has 0 amide bonds. The number of aryl methyl sites for hydroxylation is 1. The van der Waals surface area contributed by atoms with E-state index in [0.29, 0.717) is 35.5 Å². The number of ketones is 1. The maximum atomic E-state index is 13.7. The van der Waals surface area contributed by atoms with Crippen molar-refractivity contribution in [2.75, 3.05) is 20.8 Å². The van der Waals surface area contributed by atoms with Gasteiger partial charge in [-0.15, -0.1) is 0 Å². The van der Waals surface area contributed by atoms with E-state index in [1.54, 1.807) is 21.1 Å². The van der Waals surface area contributed by atoms with E-state index in [-0.39, 0.29) is 24.3 Å². The van der Waals surface area contributed by atoms with Crippen LogP contribution < -0.4 is 14.8 Å². The van der Waals surface area contributed by atoms with E-state index >= 15 is 0 Å². The molecule has 6 nitrogen and oxygen atoms in total. The number of esters is 1. The van der Waals surface area contributed by atoms with Gasteiger partial charge in [0.1, 0.15) is 0 Å². The third-order valence-corrected chi connectivity index (χ3v) is 6.70. The van der Waals surface area contributed by atoms with Gasteiger partial charge in [0.05, 0.1) is 26.4 Å². The number of methoxy groups -OCH3 is 2. The average Bonchev–Trinajstić information content (AvgIpc) is 2.83. The summed E-state index contributed by atoms with van der Waals surface area (Å²) in [5.74, 6) is 0.491. The van der Waals surface area contributed by atoms with E-state index in [2.05, 4.69) is 5.32 Å². The molecular formula is C28H31NO5. The summed E-state index contributed by atoms with van der Waals surface area (Å²) < 4.78 is 16.2. The van der Waals surface area contributed by atoms with Gasteiger partial charge >= 0.3 is 5.97 Å². The standard InChI is InChI=1S/C28H31NO5/c1-6-34-28(31)25-17(3)29-21-13-19(18-11-12-23(32-4)24(15-18)33-5)14-22(30)27(21)26(25)20-10-8-7-9-16(20)2/h7-12,15,19,26,29H,6,13-14H2,1-5H3. The normalized spacial score (nSPS) is 20.0. The lowest BCUT2D eigenvalue weighted by Crippen LogP contribution is -2.36. The van der Waals surface area contributed by atoms with Gasteiger partial charge in [-0.1, -0.05) is 30.3 Å². The molecule has 1 aliphatic heterocycles. The highest BCUT2D eigenvalue weighted by molar-refractivity contribution is 6.04. The zero-order chi connectivity index (χ0) is 24.4. The number of ether oxygens (including phenoxy) is 3. The first-order chi connectivity index (χ1) is 16.4. The maximum absolute atomic E-state index is 13.7. The third kappa shape index (κ3) is 4.20. The van der Waals surface area contributed by atoms with Crippen LogP contribution in [0.4, 0.5) is 0 Å². The maximum Gasteiger partial charge on any atom is 0.336 e. The number of rotatable bonds is 6. The predicted octanol–water partition coefficient (Wildman–Crippen LogP) is 4.94. The van der Waals surface area contributed by atoms with Crippen LogP contribution in [0.1, 0.15) is 55.2 Å². The van der Waals surface area contributed by atoms with Crippen molar-refractivity contribution in [3.63, 3.8) is 0 Å². The third-order valence-electron chi connectivity index (χ3n) is 6.70. The second-order valence-electron chi connectivity index (χ2n) is 8.71. The molecular weight excluding hydrogens is 430 g/mol. The second-order valence-corrected chi connectivity index (χ2v) is 8.71. The number of carbonyl (C=O) groups is 2. The summed E-state index contributed by atoms with van der Waals surface area (Å²) in [7, 11) is 3.21. The van der Waals surface area contributed by atoms with Crippen LogP contribution in [0.3, 0.4) is 0 Å². The highest BCUT2D eigenvalue weighted by Crippen LogP contribution is 2.47. The first-order valence-electron chi connectivity index (χ1n) is 11.6. The SMILES string of the molecule is CCOC(=O)C1=C(C)NC2=C(C(=O)CC(c3ccc(OC)c(OC)c3)C2)C1c1ccccc1C. The van der Waals surface area contributed by atoms with Crippen LogP contribution in [0.25, 0.3) is 0 Å². The Bertz CT molecular complexity index is 1190. The molecule has 0 saturated carbocycles. The molecule has 6 heteroatoms. The van der Waals surface area contributed by atoms with Crippen LogP contribution in [-0.2, 0) is 14.3 Å². The summed E-state index contributed by atoms with van der Waals surface area (Å²) in [5.41, 5.74) is 5.78. The van der Waals surface area contributed by atoms with Crippen LogP contribution in [-0.4, -0.2) is 32.6 Å². The highest BCUT2D eigenvalue weighted by Gasteiger charge is 2.41. The van der Waals surface area contributed by atoms with Crippen molar-refractivity contribution in [3.05, 3.63) is 81.7 Å². The van der Waals surface area contributed by atoms with Gasteiger partial charge in [0.25, 0.3) is 0 Å². The quantitative estimate of drug-likeness (QED) is 0.615. The topological polar surface area (TPSA) is 73.9 Å². The lowest BCUT2D eigenvalue weighted by atomic mass is 9.71. The molecule has 34 heavy (non-hydrogen) atoms. The number of dihydropyridines is 1. The molecule has 4 rings (SSSR count). The lowest BCUT2D eigenvalue weighted by Gasteiger charge is -2.37. The molecule has 2 aromatic carbocycles. The van der Waals surface area contributed by atoms with Crippen molar-refractivity contribution in [2.45, 2.75) is 45.4 Å². The number of hydrogen-bond donors (Lipinski definition) is 1. The Hall–Kier alpha value is -3.54. The van der Waals surface area contributed by atoms with Crippen LogP contribution in [0.15, 0.2) is 65.0 Å². The molecule has 2 aliphatic rings. The fraction of sp³-hybridized carbons (Fsp3) is 0.357. The van der Waals surface area contributed by atoms with E-state index in [1.807, 2.05) is 56.3 Å². The first-order valence-corrected chi connectivity index (χ1v) is 11.6. The van der Waals surface area contributed by atoms with Crippen molar-refractivity contribution in [3.8, 4) is 11.5 Å². The molecule has 2 aromatic rings. The van der Waals surface area contributed by atoms with Gasteiger partial charge in [0.15, 0.2) is 17.3 Å². The summed E-state index contributed by atoms with van der Waals surface area (Å²) in [6.45, 7) is 5.95. The number of hydrogen-bond acceptors (Lipinski definition) is 6. The van der Waals surface area contributed by atoms with Crippen LogP contribution in [0.2, 0.25) is 0 Å². The number of nitrogens with one attached hydrogen (secondary N) is 1. The highest BCUT2D eigenvalue weighted by atomic mass is 16.5. The minimum atomic E-state index is -0.449. The summed E-state index contributed by atoms with van der Waals surface area (Å²) in [6, 6.07) is 13.7. The summed E-state index contributed by atoms with van der Waals surface area (Å²) in [5, 5.41) is 3.39. The van der Waals surface area contributed by atoms with Crippen molar-refractivity contribution < 1.29 is 23.8 Å². The van der Waals surface area contributed by atoms with Crippen molar-refractivity contribution >= 4 is 11.8 Å². The Morgan fingerprint density at radius 2 is 1.76 bits per heavy atom. The van der Waals surface area contributed by atoms with E-state index in [9.17, 15) is 9.59 Å². The molecule has 0 bridgehead atoms. The van der Waals surface area contributed by atoms with Crippen molar-refractivity contribution in [1.29, 1.82) is 0 Å². The summed E-state index contributed by atoms with van der Waals surface area (Å²) >= 11 is 0. The van der Waals surface area contributed by atoms with Gasteiger partial charge < -0.3 is 19.5 Å². The Morgan fingerprint density at radius 1 is 1.03 bits per heavy atom. The first kappa shape index (κ1) is 23.6. The van der Waals surface area contributed by atoms with Gasteiger partial charge in [-0.2, -0.15) is 0 Å². The van der Waals surface area contributed by atoms with Gasteiger partial charge in [0.2, 0.25) is 0 Å². The van der Waals surface area contributed by atoms with Gasteiger partial charge in [0, 0.05) is 29.3 Å². The lowest BCUT2D eigenvalue weighted by molar-refractivity contribution is -0.138. The van der Waals surface area contributed by atoms with Crippen LogP contribution in [0.5, 0.6) is 11.5 Å². The molecule has 1 heterocycles. The van der Waals surface area contributed by atoms with Crippen LogP contribution in [0, 0.1) is 6.92 Å². The molecule has 1 N–H and O–H groups in total. The Morgan fingerprint density at radius 3 is 2.44 bits per heavy atom. The minimum absolute atomic E-state index is 0.00646.